The summed E-state index contributed by atoms with van der Waals surface area (Å²) in [7, 11) is 0. The minimum atomic E-state index is -0.0250. The van der Waals surface area contributed by atoms with Crippen LogP contribution in [0.3, 0.4) is 0 Å². The summed E-state index contributed by atoms with van der Waals surface area (Å²) >= 11 is 3.41. The van der Waals surface area contributed by atoms with E-state index in [4.69, 9.17) is 14.2 Å². The van der Waals surface area contributed by atoms with E-state index in [1.165, 1.54) is 0 Å². The summed E-state index contributed by atoms with van der Waals surface area (Å²) in [6.45, 7) is 2.53. The maximum absolute atomic E-state index is 6.03. The largest absolute Gasteiger partial charge is 0.491 e. The third-order valence-corrected chi connectivity index (χ3v) is 3.85. The predicted octanol–water partition coefficient (Wildman–Crippen LogP) is 3.11. The van der Waals surface area contributed by atoms with E-state index in [2.05, 4.69) is 20.5 Å². The van der Waals surface area contributed by atoms with Crippen molar-refractivity contribution in [3.05, 3.63) is 53.3 Å². The Hall–Kier alpha value is -1.30. The van der Waals surface area contributed by atoms with E-state index < -0.39 is 0 Å². The first-order valence-electron chi connectivity index (χ1n) is 7.02. The van der Waals surface area contributed by atoms with Crippen LogP contribution in [0.1, 0.15) is 0 Å². The molecule has 0 aliphatic carbocycles. The molecule has 0 saturated carbocycles. The van der Waals surface area contributed by atoms with Crippen molar-refractivity contribution in [2.24, 2.45) is 0 Å². The van der Waals surface area contributed by atoms with Gasteiger partial charge in [-0.05, 0) is 36.4 Å². The molecule has 2 atom stereocenters. The van der Waals surface area contributed by atoms with E-state index in [0.29, 0.717) is 19.8 Å². The summed E-state index contributed by atoms with van der Waals surface area (Å²) in [5.41, 5.74) is 0. The van der Waals surface area contributed by atoms with E-state index in [0.717, 1.165) is 16.8 Å². The molecule has 2 unspecified atom stereocenters. The molecule has 21 heavy (non-hydrogen) atoms. The number of halogens is 1. The van der Waals surface area contributed by atoms with Gasteiger partial charge < -0.3 is 18.8 Å². The van der Waals surface area contributed by atoms with Crippen molar-refractivity contribution in [2.45, 2.75) is 18.8 Å². The molecule has 3 rings (SSSR count). The zero-order valence-electron chi connectivity index (χ0n) is 11.7. The van der Waals surface area contributed by atoms with Gasteiger partial charge in [-0.3, -0.25) is 0 Å². The average molecular weight is 352 g/mol. The monoisotopic (exact) mass is 351 g/mol. The minimum Gasteiger partial charge on any atom is -0.491 e. The van der Waals surface area contributed by atoms with Gasteiger partial charge in [0.05, 0.1) is 25.9 Å². The van der Waals surface area contributed by atoms with Gasteiger partial charge in [-0.1, -0.05) is 15.9 Å². The summed E-state index contributed by atoms with van der Waals surface area (Å²) in [5.74, 6) is 0.842. The molecular formula is C16H18BrNO3. The van der Waals surface area contributed by atoms with E-state index in [9.17, 15) is 0 Å². The van der Waals surface area contributed by atoms with Gasteiger partial charge in [0, 0.05) is 16.9 Å². The first kappa shape index (κ1) is 14.6. The van der Waals surface area contributed by atoms with Crippen LogP contribution >= 0.6 is 15.9 Å². The van der Waals surface area contributed by atoms with Gasteiger partial charge in [-0.15, -0.1) is 0 Å². The molecule has 0 bridgehead atoms. The Labute approximate surface area is 132 Å². The van der Waals surface area contributed by atoms with Gasteiger partial charge >= 0.3 is 0 Å². The number of hydrogen-bond acceptors (Lipinski definition) is 3. The van der Waals surface area contributed by atoms with Crippen LogP contribution in [-0.4, -0.2) is 36.6 Å². The Morgan fingerprint density at radius 1 is 1.10 bits per heavy atom. The average Bonchev–Trinajstić information content (AvgIpc) is 3.00. The second-order valence-electron chi connectivity index (χ2n) is 5.06. The molecule has 5 heteroatoms. The molecule has 4 nitrogen and oxygen atoms in total. The Morgan fingerprint density at radius 2 is 1.81 bits per heavy atom. The molecule has 2 aromatic rings. The Kier molecular flexibility index (Phi) is 4.95. The van der Waals surface area contributed by atoms with Crippen LogP contribution < -0.4 is 4.74 Å². The lowest BCUT2D eigenvalue weighted by Gasteiger charge is -2.30. The number of aromatic nitrogens is 1. The quantitative estimate of drug-likeness (QED) is 0.829. The normalized spacial score (nSPS) is 22.1. The molecule has 1 aliphatic rings. The van der Waals surface area contributed by atoms with Crippen molar-refractivity contribution < 1.29 is 14.2 Å². The van der Waals surface area contributed by atoms with Gasteiger partial charge in [-0.25, -0.2) is 0 Å². The van der Waals surface area contributed by atoms with Crippen LogP contribution in [0.4, 0.5) is 0 Å². The van der Waals surface area contributed by atoms with Crippen LogP contribution in [0, 0.1) is 0 Å². The number of hydrogen-bond donors (Lipinski definition) is 0. The molecule has 0 N–H and O–H groups in total. The Balaban J connectivity index is 1.48. The van der Waals surface area contributed by atoms with Crippen molar-refractivity contribution >= 4 is 15.9 Å². The van der Waals surface area contributed by atoms with Crippen molar-refractivity contribution in [1.82, 2.24) is 4.57 Å². The minimum absolute atomic E-state index is 0.0250. The zero-order valence-corrected chi connectivity index (χ0v) is 13.2. The molecule has 0 radical (unpaired) electrons. The highest BCUT2D eigenvalue weighted by molar-refractivity contribution is 9.10. The molecule has 0 amide bonds. The number of benzene rings is 1. The van der Waals surface area contributed by atoms with Gasteiger partial charge in [0.25, 0.3) is 0 Å². The first-order chi connectivity index (χ1) is 10.3. The highest BCUT2D eigenvalue weighted by Crippen LogP contribution is 2.17. The van der Waals surface area contributed by atoms with E-state index in [1.54, 1.807) is 0 Å². The van der Waals surface area contributed by atoms with Crippen LogP contribution in [-0.2, 0) is 16.0 Å². The smallest absolute Gasteiger partial charge is 0.119 e. The molecule has 112 valence electrons. The summed E-state index contributed by atoms with van der Waals surface area (Å²) in [6.07, 6.45) is 4.11. The molecule has 0 spiro atoms. The third-order valence-electron chi connectivity index (χ3n) is 3.32. The topological polar surface area (TPSA) is 32.6 Å². The van der Waals surface area contributed by atoms with Gasteiger partial charge in [-0.2, -0.15) is 0 Å². The van der Waals surface area contributed by atoms with Crippen molar-refractivity contribution in [3.8, 4) is 5.75 Å². The van der Waals surface area contributed by atoms with Crippen LogP contribution in [0.15, 0.2) is 53.3 Å². The van der Waals surface area contributed by atoms with Crippen LogP contribution in [0.25, 0.3) is 0 Å². The standard InChI is InChI=1S/C16H18BrNO3/c17-13-3-5-14(6-4-13)20-12-16-11-19-10-15(21-16)9-18-7-1-2-8-18/h1-8,15-16H,9-12H2. The van der Waals surface area contributed by atoms with Crippen molar-refractivity contribution in [2.75, 3.05) is 19.8 Å². The second kappa shape index (κ2) is 7.11. The number of rotatable bonds is 5. The molecule has 1 aliphatic heterocycles. The molecule has 2 heterocycles. The van der Waals surface area contributed by atoms with E-state index in [1.807, 2.05) is 48.8 Å². The Morgan fingerprint density at radius 3 is 2.57 bits per heavy atom. The maximum Gasteiger partial charge on any atom is 0.119 e. The highest BCUT2D eigenvalue weighted by Gasteiger charge is 2.23. The van der Waals surface area contributed by atoms with Crippen molar-refractivity contribution in [1.29, 1.82) is 0 Å². The maximum atomic E-state index is 6.03. The van der Waals surface area contributed by atoms with Crippen molar-refractivity contribution in [3.63, 3.8) is 0 Å². The summed E-state index contributed by atoms with van der Waals surface area (Å²) in [4.78, 5) is 0. The fraction of sp³-hybridized carbons (Fsp3) is 0.375. The molecular weight excluding hydrogens is 334 g/mol. The van der Waals surface area contributed by atoms with Crippen LogP contribution in [0.2, 0.25) is 0 Å². The number of nitrogens with zero attached hydrogens (tertiary/aromatic N) is 1. The predicted molar refractivity (Wildman–Crippen MR) is 83.5 cm³/mol. The number of ether oxygens (including phenoxy) is 3. The van der Waals surface area contributed by atoms with Gasteiger partial charge in [0.1, 0.15) is 18.5 Å². The SMILES string of the molecule is Brc1ccc(OCC2COCC(Cn3cccc3)O2)cc1. The van der Waals surface area contributed by atoms with Gasteiger partial charge in [0.15, 0.2) is 0 Å². The van der Waals surface area contributed by atoms with E-state index in [-0.39, 0.29) is 12.2 Å². The fourth-order valence-electron chi connectivity index (χ4n) is 2.31. The molecule has 1 fully saturated rings. The summed E-state index contributed by atoms with van der Waals surface area (Å²) in [6, 6.07) is 11.8. The van der Waals surface area contributed by atoms with Crippen LogP contribution in [0.5, 0.6) is 5.75 Å². The first-order valence-corrected chi connectivity index (χ1v) is 7.81. The molecule has 1 saturated heterocycles. The lowest BCUT2D eigenvalue weighted by atomic mass is 10.3. The second-order valence-corrected chi connectivity index (χ2v) is 5.98. The lowest BCUT2D eigenvalue weighted by Crippen LogP contribution is -2.41. The van der Waals surface area contributed by atoms with E-state index >= 15 is 0 Å². The molecule has 1 aromatic heterocycles. The highest BCUT2D eigenvalue weighted by atomic mass is 79.9. The lowest BCUT2D eigenvalue weighted by molar-refractivity contribution is -0.151. The third kappa shape index (κ3) is 4.33. The Bertz CT molecular complexity index is 541. The molecule has 1 aromatic carbocycles. The van der Waals surface area contributed by atoms with Gasteiger partial charge in [0.2, 0.25) is 0 Å². The zero-order chi connectivity index (χ0) is 14.5. The fourth-order valence-corrected chi connectivity index (χ4v) is 2.58. The summed E-state index contributed by atoms with van der Waals surface area (Å²) < 4.78 is 20.5. The summed E-state index contributed by atoms with van der Waals surface area (Å²) in [5, 5.41) is 0.